The first-order chi connectivity index (χ1) is 13.5. The maximum absolute atomic E-state index is 6.47. The molecular formula is C22H18ClN5. The first-order valence-corrected chi connectivity index (χ1v) is 9.47. The molecule has 0 N–H and O–H groups in total. The molecule has 5 rings (SSSR count). The summed E-state index contributed by atoms with van der Waals surface area (Å²) in [5.74, 6) is 0.692. The summed E-state index contributed by atoms with van der Waals surface area (Å²) in [6.45, 7) is 6.24. The lowest BCUT2D eigenvalue weighted by atomic mass is 10.1. The number of rotatable bonds is 2. The van der Waals surface area contributed by atoms with Crippen LogP contribution < -0.4 is 0 Å². The summed E-state index contributed by atoms with van der Waals surface area (Å²) < 4.78 is 3.84. The molecule has 0 fully saturated rings. The Bertz CT molecular complexity index is 1350. The Morgan fingerprint density at radius 1 is 0.893 bits per heavy atom. The van der Waals surface area contributed by atoms with Crippen LogP contribution in [-0.4, -0.2) is 24.1 Å². The lowest BCUT2D eigenvalue weighted by Crippen LogP contribution is -1.99. The summed E-state index contributed by atoms with van der Waals surface area (Å²) in [5.41, 5.74) is 6.95. The number of para-hydroxylation sites is 1. The monoisotopic (exact) mass is 387 g/mol. The number of aryl methyl sites for hydroxylation is 2. The molecule has 28 heavy (non-hydrogen) atoms. The van der Waals surface area contributed by atoms with Crippen molar-refractivity contribution in [2.45, 2.75) is 20.8 Å². The Morgan fingerprint density at radius 2 is 1.64 bits per heavy atom. The van der Waals surface area contributed by atoms with Gasteiger partial charge in [0.15, 0.2) is 17.1 Å². The Labute approximate surface area is 167 Å². The third kappa shape index (κ3) is 2.43. The molecule has 6 heteroatoms. The van der Waals surface area contributed by atoms with Crippen LogP contribution in [0.15, 0.2) is 54.9 Å². The molecule has 3 aromatic heterocycles. The van der Waals surface area contributed by atoms with Crippen LogP contribution in [0, 0.1) is 20.8 Å². The molecule has 0 atom stereocenters. The highest BCUT2D eigenvalue weighted by atomic mass is 35.5. The largest absolute Gasteiger partial charge is 0.297 e. The van der Waals surface area contributed by atoms with E-state index in [1.807, 2.05) is 36.4 Å². The summed E-state index contributed by atoms with van der Waals surface area (Å²) in [7, 11) is 0. The molecule has 138 valence electrons. The van der Waals surface area contributed by atoms with Gasteiger partial charge in [-0.2, -0.15) is 0 Å². The van der Waals surface area contributed by atoms with E-state index in [1.54, 1.807) is 10.8 Å². The molecule has 5 aromatic rings. The van der Waals surface area contributed by atoms with Crippen molar-refractivity contribution in [1.29, 1.82) is 0 Å². The summed E-state index contributed by atoms with van der Waals surface area (Å²) in [5, 5.41) is 6.32. The number of hydrogen-bond donors (Lipinski definition) is 0. The minimum absolute atomic E-state index is 0.686. The summed E-state index contributed by atoms with van der Waals surface area (Å²) in [6, 6.07) is 16.0. The molecule has 0 saturated heterocycles. The van der Waals surface area contributed by atoms with Crippen molar-refractivity contribution in [3.8, 4) is 17.1 Å². The molecule has 0 spiro atoms. The zero-order valence-corrected chi connectivity index (χ0v) is 16.6. The fraction of sp³-hybridized carbons (Fsp3) is 0.136. The van der Waals surface area contributed by atoms with Gasteiger partial charge in [-0.1, -0.05) is 53.6 Å². The first-order valence-electron chi connectivity index (χ1n) is 9.09. The molecule has 3 heterocycles. The molecule has 0 aliphatic heterocycles. The van der Waals surface area contributed by atoms with Gasteiger partial charge in [0.05, 0.1) is 16.1 Å². The van der Waals surface area contributed by atoms with E-state index in [1.165, 1.54) is 5.56 Å². The third-order valence-corrected chi connectivity index (χ3v) is 5.56. The predicted molar refractivity (Wildman–Crippen MR) is 112 cm³/mol. The number of fused-ring (bicyclic) bond motifs is 3. The summed E-state index contributed by atoms with van der Waals surface area (Å²) in [6.07, 6.45) is 1.72. The highest BCUT2D eigenvalue weighted by molar-refractivity contribution is 6.32. The van der Waals surface area contributed by atoms with Crippen LogP contribution in [0.5, 0.6) is 0 Å². The van der Waals surface area contributed by atoms with E-state index in [0.29, 0.717) is 10.8 Å². The van der Waals surface area contributed by atoms with Crippen LogP contribution in [0.2, 0.25) is 5.02 Å². The van der Waals surface area contributed by atoms with Gasteiger partial charge in [0.2, 0.25) is 0 Å². The van der Waals surface area contributed by atoms with E-state index in [2.05, 4.69) is 42.6 Å². The Morgan fingerprint density at radius 3 is 2.39 bits per heavy atom. The van der Waals surface area contributed by atoms with Gasteiger partial charge in [-0.05, 0) is 38.5 Å². The molecule has 0 bridgehead atoms. The van der Waals surface area contributed by atoms with E-state index in [4.69, 9.17) is 21.6 Å². The maximum Gasteiger partial charge on any atom is 0.182 e. The van der Waals surface area contributed by atoms with Crippen molar-refractivity contribution in [3.63, 3.8) is 0 Å². The van der Waals surface area contributed by atoms with Crippen LogP contribution >= 0.6 is 11.6 Å². The summed E-state index contributed by atoms with van der Waals surface area (Å²) >= 11 is 6.47. The van der Waals surface area contributed by atoms with Crippen molar-refractivity contribution >= 4 is 28.3 Å². The smallest absolute Gasteiger partial charge is 0.182 e. The first kappa shape index (κ1) is 17.0. The quantitative estimate of drug-likeness (QED) is 0.412. The second-order valence-electron chi connectivity index (χ2n) is 7.01. The topological polar surface area (TPSA) is 48.0 Å². The third-order valence-electron chi connectivity index (χ3n) is 5.24. The second-order valence-corrected chi connectivity index (χ2v) is 7.42. The van der Waals surface area contributed by atoms with Crippen molar-refractivity contribution < 1.29 is 0 Å². The van der Waals surface area contributed by atoms with Gasteiger partial charge in [0.1, 0.15) is 6.33 Å². The zero-order valence-electron chi connectivity index (χ0n) is 15.8. The van der Waals surface area contributed by atoms with Crippen molar-refractivity contribution in [2.24, 2.45) is 0 Å². The highest BCUT2D eigenvalue weighted by Gasteiger charge is 2.20. The molecule has 0 amide bonds. The van der Waals surface area contributed by atoms with Crippen LogP contribution in [0.1, 0.15) is 16.8 Å². The molecule has 0 saturated carbocycles. The standard InChI is InChI=1S/C22H18ClN5/c1-13-8-10-16(11-9-13)20-25-22-19-14(2)15(3)28(18-7-5-4-6-17(18)23)21(19)24-12-27(22)26-20/h4-12H,1-3H3. The average molecular weight is 388 g/mol. The lowest BCUT2D eigenvalue weighted by molar-refractivity contribution is 0.927. The van der Waals surface area contributed by atoms with E-state index >= 15 is 0 Å². The van der Waals surface area contributed by atoms with Gasteiger partial charge in [0.25, 0.3) is 0 Å². The van der Waals surface area contributed by atoms with Gasteiger partial charge in [0, 0.05) is 11.3 Å². The molecule has 0 aliphatic rings. The lowest BCUT2D eigenvalue weighted by Gasteiger charge is -2.09. The van der Waals surface area contributed by atoms with Gasteiger partial charge in [-0.3, -0.25) is 4.57 Å². The van der Waals surface area contributed by atoms with E-state index < -0.39 is 0 Å². The fourth-order valence-corrected chi connectivity index (χ4v) is 3.83. The van der Waals surface area contributed by atoms with Gasteiger partial charge in [-0.25, -0.2) is 14.5 Å². The molecule has 2 aromatic carbocycles. The SMILES string of the molecule is Cc1ccc(-c2nc3c4c(C)c(C)n(-c5ccccc5Cl)c4ncn3n2)cc1. The predicted octanol–water partition coefficient (Wildman–Crippen LogP) is 5.31. The maximum atomic E-state index is 6.47. The minimum atomic E-state index is 0.686. The number of nitrogens with zero attached hydrogens (tertiary/aromatic N) is 5. The Balaban J connectivity index is 1.80. The van der Waals surface area contributed by atoms with Gasteiger partial charge in [-0.15, -0.1) is 5.10 Å². The van der Waals surface area contributed by atoms with Gasteiger partial charge >= 0.3 is 0 Å². The highest BCUT2D eigenvalue weighted by Crippen LogP contribution is 2.32. The van der Waals surface area contributed by atoms with Gasteiger partial charge < -0.3 is 0 Å². The zero-order chi connectivity index (χ0) is 19.4. The Kier molecular flexibility index (Phi) is 3.74. The number of benzene rings is 2. The number of halogens is 1. The average Bonchev–Trinajstić information content (AvgIpc) is 3.23. The van der Waals surface area contributed by atoms with Crippen LogP contribution in [0.4, 0.5) is 0 Å². The van der Waals surface area contributed by atoms with E-state index in [0.717, 1.165) is 39.2 Å². The van der Waals surface area contributed by atoms with Crippen molar-refractivity contribution in [3.05, 3.63) is 76.7 Å². The molecular weight excluding hydrogens is 370 g/mol. The van der Waals surface area contributed by atoms with E-state index in [9.17, 15) is 0 Å². The number of hydrogen-bond acceptors (Lipinski definition) is 3. The van der Waals surface area contributed by atoms with Crippen LogP contribution in [0.3, 0.4) is 0 Å². The fourth-order valence-electron chi connectivity index (χ4n) is 3.61. The normalized spacial score (nSPS) is 11.6. The molecule has 5 nitrogen and oxygen atoms in total. The molecule has 0 radical (unpaired) electrons. The van der Waals surface area contributed by atoms with Crippen molar-refractivity contribution in [2.75, 3.05) is 0 Å². The van der Waals surface area contributed by atoms with Crippen LogP contribution in [0.25, 0.3) is 33.8 Å². The van der Waals surface area contributed by atoms with Crippen molar-refractivity contribution in [1.82, 2.24) is 24.1 Å². The second kappa shape index (κ2) is 6.17. The molecule has 0 unspecified atom stereocenters. The van der Waals surface area contributed by atoms with Crippen LogP contribution in [-0.2, 0) is 0 Å². The molecule has 0 aliphatic carbocycles. The van der Waals surface area contributed by atoms with E-state index in [-0.39, 0.29) is 0 Å². The minimum Gasteiger partial charge on any atom is -0.297 e. The number of aromatic nitrogens is 5. The summed E-state index contributed by atoms with van der Waals surface area (Å²) in [4.78, 5) is 9.53. The Hall–Kier alpha value is -3.18.